The van der Waals surface area contributed by atoms with Crippen LogP contribution in [0.1, 0.15) is 46.3 Å². The molecule has 3 aliphatic rings. The molecule has 7 rings (SSSR count). The lowest BCUT2D eigenvalue weighted by Crippen LogP contribution is -2.61. The SMILES string of the molecule is COC(=O)C[C@H]1Oc2ccc(Cl)cc2[C@@H]2O[C@@]3(C(=O)N(Cc4ccccc4)c4ccccc43)[C@@H](c3ccc(C)cc3)[C@]12[N+](=O)[O-]. The van der Waals surface area contributed by atoms with Crippen LogP contribution in [-0.4, -0.2) is 35.6 Å². The number of amides is 1. The van der Waals surface area contributed by atoms with E-state index in [1.54, 1.807) is 47.4 Å². The van der Waals surface area contributed by atoms with Crippen LogP contribution in [0.25, 0.3) is 0 Å². The molecule has 0 aromatic heterocycles. The highest BCUT2D eigenvalue weighted by atomic mass is 35.5. The van der Waals surface area contributed by atoms with Crippen molar-refractivity contribution in [1.82, 2.24) is 0 Å². The summed E-state index contributed by atoms with van der Waals surface area (Å²) in [6.07, 6.45) is -3.11. The number of esters is 1. The van der Waals surface area contributed by atoms with Gasteiger partial charge in [-0.25, -0.2) is 0 Å². The summed E-state index contributed by atoms with van der Waals surface area (Å²) in [7, 11) is 1.22. The van der Waals surface area contributed by atoms with Gasteiger partial charge in [-0.2, -0.15) is 0 Å². The number of rotatable bonds is 6. The van der Waals surface area contributed by atoms with Gasteiger partial charge in [0.05, 0.1) is 25.8 Å². The molecule has 1 fully saturated rings. The second-order valence-corrected chi connectivity index (χ2v) is 12.1. The number of nitro groups is 1. The van der Waals surface area contributed by atoms with Gasteiger partial charge in [0.25, 0.3) is 11.4 Å². The molecular weight excluding hydrogens is 596 g/mol. The van der Waals surface area contributed by atoms with Gasteiger partial charge in [-0.3, -0.25) is 19.7 Å². The van der Waals surface area contributed by atoms with Gasteiger partial charge in [0.2, 0.25) is 0 Å². The molecule has 45 heavy (non-hydrogen) atoms. The van der Waals surface area contributed by atoms with E-state index in [4.69, 9.17) is 25.8 Å². The summed E-state index contributed by atoms with van der Waals surface area (Å²) < 4.78 is 18.3. The molecule has 228 valence electrons. The van der Waals surface area contributed by atoms with Gasteiger partial charge >= 0.3 is 5.97 Å². The van der Waals surface area contributed by atoms with E-state index in [-0.39, 0.29) is 12.3 Å². The van der Waals surface area contributed by atoms with Crippen molar-refractivity contribution in [1.29, 1.82) is 0 Å². The molecule has 4 aromatic rings. The summed E-state index contributed by atoms with van der Waals surface area (Å²) >= 11 is 6.45. The number of hydrogen-bond donors (Lipinski definition) is 0. The van der Waals surface area contributed by atoms with E-state index in [9.17, 15) is 14.9 Å². The van der Waals surface area contributed by atoms with E-state index in [0.717, 1.165) is 11.1 Å². The first-order chi connectivity index (χ1) is 21.7. The molecule has 0 aliphatic carbocycles. The van der Waals surface area contributed by atoms with Crippen molar-refractivity contribution in [2.45, 2.75) is 49.2 Å². The van der Waals surface area contributed by atoms with Crippen LogP contribution < -0.4 is 9.64 Å². The fourth-order valence-corrected chi connectivity index (χ4v) is 7.54. The number of nitrogens with zero attached hydrogens (tertiary/aromatic N) is 2. The molecule has 0 N–H and O–H groups in total. The van der Waals surface area contributed by atoms with Gasteiger partial charge in [-0.1, -0.05) is 90.0 Å². The van der Waals surface area contributed by atoms with Crippen molar-refractivity contribution in [2.75, 3.05) is 12.0 Å². The smallest absolute Gasteiger partial charge is 0.309 e. The Morgan fingerprint density at radius 2 is 1.73 bits per heavy atom. The molecule has 3 aliphatic heterocycles. The number of anilines is 1. The number of benzene rings is 4. The average Bonchev–Trinajstić information content (AvgIpc) is 3.50. The summed E-state index contributed by atoms with van der Waals surface area (Å²) in [5.74, 6) is -2.06. The molecule has 1 saturated heterocycles. The highest BCUT2D eigenvalue weighted by Crippen LogP contribution is 2.68. The third-order valence-corrected chi connectivity index (χ3v) is 9.52. The van der Waals surface area contributed by atoms with Crippen molar-refractivity contribution < 1.29 is 28.7 Å². The molecule has 0 saturated carbocycles. The van der Waals surface area contributed by atoms with Gasteiger partial charge in [0, 0.05) is 21.1 Å². The third-order valence-electron chi connectivity index (χ3n) is 9.28. The maximum atomic E-state index is 15.1. The maximum Gasteiger partial charge on any atom is 0.309 e. The van der Waals surface area contributed by atoms with Gasteiger partial charge in [0.15, 0.2) is 17.8 Å². The molecule has 5 atom stereocenters. The van der Waals surface area contributed by atoms with Crippen LogP contribution in [-0.2, 0) is 31.2 Å². The van der Waals surface area contributed by atoms with Gasteiger partial charge < -0.3 is 19.1 Å². The van der Waals surface area contributed by atoms with Crippen LogP contribution in [0.3, 0.4) is 0 Å². The zero-order valence-electron chi connectivity index (χ0n) is 24.5. The summed E-state index contributed by atoms with van der Waals surface area (Å²) in [5, 5.41) is 14.2. The molecule has 1 amide bonds. The number of hydrogen-bond acceptors (Lipinski definition) is 7. The lowest BCUT2D eigenvalue weighted by atomic mass is 9.63. The van der Waals surface area contributed by atoms with E-state index >= 15 is 4.79 Å². The van der Waals surface area contributed by atoms with E-state index in [1.165, 1.54) is 7.11 Å². The number of aryl methyl sites for hydroxylation is 1. The average molecular weight is 625 g/mol. The van der Waals surface area contributed by atoms with Gasteiger partial charge in [-0.15, -0.1) is 0 Å². The Bertz CT molecular complexity index is 1830. The van der Waals surface area contributed by atoms with Crippen LogP contribution in [0.15, 0.2) is 97.1 Å². The molecule has 0 bridgehead atoms. The van der Waals surface area contributed by atoms with Crippen molar-refractivity contribution in [3.8, 4) is 5.75 Å². The first-order valence-electron chi connectivity index (χ1n) is 14.6. The topological polar surface area (TPSA) is 108 Å². The molecule has 3 heterocycles. The van der Waals surface area contributed by atoms with Crippen molar-refractivity contribution in [3.05, 3.63) is 140 Å². The van der Waals surface area contributed by atoms with E-state index in [2.05, 4.69) is 0 Å². The van der Waals surface area contributed by atoms with Crippen LogP contribution >= 0.6 is 11.6 Å². The normalized spacial score (nSPS) is 26.2. The van der Waals surface area contributed by atoms with Crippen LogP contribution in [0.2, 0.25) is 5.02 Å². The highest BCUT2D eigenvalue weighted by molar-refractivity contribution is 6.30. The quantitative estimate of drug-likeness (QED) is 0.141. The first-order valence-corrected chi connectivity index (χ1v) is 15.0. The summed E-state index contributed by atoms with van der Waals surface area (Å²) in [4.78, 5) is 43.0. The van der Waals surface area contributed by atoms with E-state index in [1.807, 2.05) is 61.5 Å². The number of carbonyl (C=O) groups excluding carboxylic acids is 2. The van der Waals surface area contributed by atoms with Gasteiger partial charge in [0.1, 0.15) is 11.7 Å². The summed E-state index contributed by atoms with van der Waals surface area (Å²) in [6.45, 7) is 2.14. The second-order valence-electron chi connectivity index (χ2n) is 11.7. The predicted molar refractivity (Wildman–Crippen MR) is 166 cm³/mol. The highest BCUT2D eigenvalue weighted by Gasteiger charge is 2.82. The van der Waals surface area contributed by atoms with E-state index < -0.39 is 52.5 Å². The zero-order valence-corrected chi connectivity index (χ0v) is 25.3. The minimum Gasteiger partial charge on any atom is -0.482 e. The number of halogens is 1. The molecule has 1 spiro atoms. The number of carbonyl (C=O) groups is 2. The van der Waals surface area contributed by atoms with Crippen molar-refractivity contribution >= 4 is 29.2 Å². The fourth-order valence-electron chi connectivity index (χ4n) is 7.36. The monoisotopic (exact) mass is 624 g/mol. The number of ether oxygens (including phenoxy) is 3. The minimum absolute atomic E-state index is 0.225. The van der Waals surface area contributed by atoms with E-state index in [0.29, 0.717) is 27.4 Å². The fraction of sp³-hybridized carbons (Fsp3) is 0.257. The number of fused-ring (bicyclic) bond motifs is 5. The van der Waals surface area contributed by atoms with Crippen molar-refractivity contribution in [3.63, 3.8) is 0 Å². The second kappa shape index (κ2) is 10.7. The Morgan fingerprint density at radius 3 is 2.44 bits per heavy atom. The van der Waals surface area contributed by atoms with Crippen molar-refractivity contribution in [2.24, 2.45) is 0 Å². The molecule has 10 heteroatoms. The van der Waals surface area contributed by atoms with Crippen LogP contribution in [0.4, 0.5) is 5.69 Å². The Kier molecular flexibility index (Phi) is 6.91. The largest absolute Gasteiger partial charge is 0.482 e. The predicted octanol–water partition coefficient (Wildman–Crippen LogP) is 6.29. The number of para-hydroxylation sites is 1. The molecular formula is C35H29ClN2O7. The number of methoxy groups -OCH3 is 1. The third kappa shape index (κ3) is 4.18. The molecule has 9 nitrogen and oxygen atoms in total. The lowest BCUT2D eigenvalue weighted by molar-refractivity contribution is -0.593. The Balaban J connectivity index is 1.54. The first kappa shape index (κ1) is 29.0. The Hall–Kier alpha value is -4.73. The Labute approximate surface area is 264 Å². The standard InChI is InChI=1S/C35H29ClN2O7/c1-21-12-14-23(15-13-21)31-34(38(41)42)29(19-30(39)43-2)44-28-17-16-24(36)18-25(28)32(34)45-35(31)26-10-6-7-11-27(26)37(33(35)40)20-22-8-4-3-5-9-22/h3-18,29,31-32H,19-20H2,1-2H3/t29-,31+,32+,34-,35-/m1/s1. The zero-order chi connectivity index (χ0) is 31.5. The molecule has 0 unspecified atom stereocenters. The maximum absolute atomic E-state index is 15.1. The summed E-state index contributed by atoms with van der Waals surface area (Å²) in [5.41, 5.74) is -0.231. The molecule has 0 radical (unpaired) electrons. The van der Waals surface area contributed by atoms with Crippen LogP contribution in [0, 0.1) is 17.0 Å². The Morgan fingerprint density at radius 1 is 1.02 bits per heavy atom. The van der Waals surface area contributed by atoms with Gasteiger partial charge in [-0.05, 0) is 42.3 Å². The minimum atomic E-state index is -2.15. The lowest BCUT2D eigenvalue weighted by Gasteiger charge is -2.41. The molecule has 4 aromatic carbocycles. The summed E-state index contributed by atoms with van der Waals surface area (Å²) in [6, 6.07) is 28.8. The van der Waals surface area contributed by atoms with Crippen LogP contribution in [0.5, 0.6) is 5.75 Å².